The van der Waals surface area contributed by atoms with Crippen molar-refractivity contribution in [3.8, 4) is 11.6 Å². The van der Waals surface area contributed by atoms with E-state index in [4.69, 9.17) is 39.5 Å². The maximum Gasteiger partial charge on any atom is 0.326 e. The predicted molar refractivity (Wildman–Crippen MR) is 146 cm³/mol. The number of hydrogen-bond acceptors (Lipinski definition) is 4. The number of ether oxygens (including phenoxy) is 1. The van der Waals surface area contributed by atoms with Crippen molar-refractivity contribution in [2.75, 3.05) is 0 Å². The van der Waals surface area contributed by atoms with Crippen molar-refractivity contribution < 1.29 is 28.2 Å². The number of carboxylic acids is 1. The number of rotatable bonds is 4. The molecule has 40 heavy (non-hydrogen) atoms. The molecule has 5 rings (SSSR count). The fraction of sp³-hybridized carbons (Fsp3) is 0.179. The number of fused-ring (bicyclic) bond motifs is 2. The van der Waals surface area contributed by atoms with Gasteiger partial charge in [-0.2, -0.15) is 13.9 Å². The van der Waals surface area contributed by atoms with Crippen LogP contribution >= 0.6 is 34.8 Å². The molecular formula is C28H20Cl3F2N3O4. The van der Waals surface area contributed by atoms with Crippen molar-refractivity contribution in [3.05, 3.63) is 110 Å². The molecule has 0 spiro atoms. The lowest BCUT2D eigenvalue weighted by atomic mass is 9.94. The Hall–Kier alpha value is -3.66. The third-order valence-corrected chi connectivity index (χ3v) is 7.36. The molecule has 4 aromatic rings. The number of aromatic nitrogens is 2. The van der Waals surface area contributed by atoms with Gasteiger partial charge in [-0.05, 0) is 42.0 Å². The van der Waals surface area contributed by atoms with Gasteiger partial charge in [0.15, 0.2) is 0 Å². The molecule has 1 amide bonds. The van der Waals surface area contributed by atoms with Crippen LogP contribution in [0.5, 0.6) is 11.6 Å². The number of hydrogen-bond donors (Lipinski definition) is 1. The van der Waals surface area contributed by atoms with Crippen LogP contribution in [0.1, 0.15) is 32.7 Å². The van der Waals surface area contributed by atoms with Gasteiger partial charge in [-0.1, -0.05) is 65.1 Å². The highest BCUT2D eigenvalue weighted by Gasteiger charge is 2.46. The lowest BCUT2D eigenvalue weighted by Gasteiger charge is -2.29. The fourth-order valence-electron chi connectivity index (χ4n) is 4.70. The van der Waals surface area contributed by atoms with E-state index >= 15 is 8.78 Å². The lowest BCUT2D eigenvalue weighted by Crippen LogP contribution is -2.46. The summed E-state index contributed by atoms with van der Waals surface area (Å²) in [4.78, 5) is 27.5. The van der Waals surface area contributed by atoms with Gasteiger partial charge in [-0.3, -0.25) is 4.79 Å². The van der Waals surface area contributed by atoms with E-state index < -0.39 is 41.6 Å². The first kappa shape index (κ1) is 27.9. The van der Waals surface area contributed by atoms with Gasteiger partial charge in [0.25, 0.3) is 5.91 Å². The molecule has 0 saturated carbocycles. The van der Waals surface area contributed by atoms with Gasteiger partial charge in [0.1, 0.15) is 17.5 Å². The number of aryl methyl sites for hydroxylation is 1. The van der Waals surface area contributed by atoms with Gasteiger partial charge in [-0.15, -0.1) is 0 Å². The van der Waals surface area contributed by atoms with Crippen molar-refractivity contribution in [2.24, 2.45) is 7.05 Å². The van der Waals surface area contributed by atoms with Crippen molar-refractivity contribution in [1.29, 1.82) is 0 Å². The van der Waals surface area contributed by atoms with Crippen LogP contribution in [0.4, 0.5) is 8.78 Å². The number of alkyl halides is 2. The van der Waals surface area contributed by atoms with Gasteiger partial charge >= 0.3 is 11.9 Å². The first-order chi connectivity index (χ1) is 19.0. The number of halogens is 5. The summed E-state index contributed by atoms with van der Waals surface area (Å²) in [6, 6.07) is 14.5. The largest absolute Gasteiger partial charge is 0.480 e. The van der Waals surface area contributed by atoms with E-state index in [-0.39, 0.29) is 44.8 Å². The Bertz CT molecular complexity index is 1640. The molecule has 1 aliphatic rings. The van der Waals surface area contributed by atoms with E-state index in [1.165, 1.54) is 55.6 Å². The SMILES string of the molecule is Cn1nc2c(c1Oc1cccc(Cl)c1)CN(C(=O)c1ccc(Cl)cc1Cl)C(C(=O)O)Cc1ccccc1C2(F)F. The van der Waals surface area contributed by atoms with Gasteiger partial charge in [0, 0.05) is 29.1 Å². The standard InChI is InChI=1S/C28H20Cl3F2N3O4/c1-35-26(40-18-7-4-6-16(29)12-18)20-14-36(25(37)19-10-9-17(30)13-22(19)31)23(27(38)39)11-15-5-2-3-8-21(15)28(32,33)24(20)34-35/h2-10,12-13,23H,11,14H2,1H3,(H,38,39). The molecule has 12 heteroatoms. The molecule has 1 unspecified atom stereocenters. The zero-order valence-electron chi connectivity index (χ0n) is 20.7. The van der Waals surface area contributed by atoms with Crippen LogP contribution in [-0.2, 0) is 30.7 Å². The smallest absolute Gasteiger partial charge is 0.326 e. The minimum Gasteiger partial charge on any atom is -0.480 e. The summed E-state index contributed by atoms with van der Waals surface area (Å²) >= 11 is 18.4. The Kier molecular flexibility index (Phi) is 7.48. The van der Waals surface area contributed by atoms with E-state index in [9.17, 15) is 14.7 Å². The van der Waals surface area contributed by atoms with Crippen LogP contribution in [0, 0.1) is 0 Å². The van der Waals surface area contributed by atoms with E-state index in [1.54, 1.807) is 18.2 Å². The number of carbonyl (C=O) groups is 2. The summed E-state index contributed by atoms with van der Waals surface area (Å²) in [7, 11) is 1.41. The zero-order chi connectivity index (χ0) is 28.8. The Morgan fingerprint density at radius 1 is 1.02 bits per heavy atom. The van der Waals surface area contributed by atoms with Crippen LogP contribution in [-0.4, -0.2) is 37.7 Å². The lowest BCUT2D eigenvalue weighted by molar-refractivity contribution is -0.142. The zero-order valence-corrected chi connectivity index (χ0v) is 23.0. The minimum absolute atomic E-state index is 0.0194. The minimum atomic E-state index is -3.65. The first-order valence-electron chi connectivity index (χ1n) is 11.9. The summed E-state index contributed by atoms with van der Waals surface area (Å²) < 4.78 is 39.6. The number of amides is 1. The maximum absolute atomic E-state index is 16.3. The molecule has 7 nitrogen and oxygen atoms in total. The molecular weight excluding hydrogens is 587 g/mol. The van der Waals surface area contributed by atoms with Crippen LogP contribution in [0.3, 0.4) is 0 Å². The first-order valence-corrected chi connectivity index (χ1v) is 13.1. The monoisotopic (exact) mass is 605 g/mol. The quantitative estimate of drug-likeness (QED) is 0.271. The highest BCUT2D eigenvalue weighted by atomic mass is 35.5. The van der Waals surface area contributed by atoms with Crippen LogP contribution in [0.15, 0.2) is 66.7 Å². The second kappa shape index (κ2) is 10.7. The fourth-order valence-corrected chi connectivity index (χ4v) is 5.37. The van der Waals surface area contributed by atoms with E-state index in [0.29, 0.717) is 5.02 Å². The molecule has 0 bridgehead atoms. The van der Waals surface area contributed by atoms with E-state index in [0.717, 1.165) is 9.58 Å². The normalized spacial score (nSPS) is 16.2. The molecule has 1 aromatic heterocycles. The molecule has 0 aliphatic carbocycles. The average Bonchev–Trinajstić information content (AvgIpc) is 3.22. The van der Waals surface area contributed by atoms with Crippen molar-refractivity contribution >= 4 is 46.7 Å². The third kappa shape index (κ3) is 5.12. The van der Waals surface area contributed by atoms with E-state index in [2.05, 4.69) is 5.10 Å². The second-order valence-electron chi connectivity index (χ2n) is 9.16. The Labute approximate surface area is 242 Å². The summed E-state index contributed by atoms with van der Waals surface area (Å²) in [5.74, 6) is -5.71. The summed E-state index contributed by atoms with van der Waals surface area (Å²) in [5.41, 5.74) is -1.26. The molecule has 206 valence electrons. The second-order valence-corrected chi connectivity index (χ2v) is 10.4. The average molecular weight is 607 g/mol. The molecule has 3 aromatic carbocycles. The number of aliphatic carboxylic acids is 1. The highest BCUT2D eigenvalue weighted by molar-refractivity contribution is 6.36. The molecule has 2 heterocycles. The predicted octanol–water partition coefficient (Wildman–Crippen LogP) is 6.96. The molecule has 1 N–H and O–H groups in total. The molecule has 0 saturated heterocycles. The molecule has 1 atom stereocenters. The highest BCUT2D eigenvalue weighted by Crippen LogP contribution is 2.44. The van der Waals surface area contributed by atoms with Gasteiger partial charge in [0.05, 0.1) is 22.7 Å². The number of benzene rings is 3. The number of carbonyl (C=O) groups excluding carboxylic acids is 1. The number of nitrogens with zero attached hydrogens (tertiary/aromatic N) is 3. The molecule has 0 fully saturated rings. The summed E-state index contributed by atoms with van der Waals surface area (Å²) in [5, 5.41) is 15.0. The Morgan fingerprint density at radius 2 is 1.75 bits per heavy atom. The van der Waals surface area contributed by atoms with Crippen LogP contribution in [0.25, 0.3) is 0 Å². The summed E-state index contributed by atoms with van der Waals surface area (Å²) in [6.45, 7) is -0.572. The third-order valence-electron chi connectivity index (χ3n) is 6.58. The molecule has 1 aliphatic heterocycles. The van der Waals surface area contributed by atoms with Crippen LogP contribution in [0.2, 0.25) is 15.1 Å². The van der Waals surface area contributed by atoms with Crippen molar-refractivity contribution in [3.63, 3.8) is 0 Å². The molecule has 0 radical (unpaired) electrons. The van der Waals surface area contributed by atoms with Gasteiger partial charge in [-0.25, -0.2) is 9.48 Å². The van der Waals surface area contributed by atoms with Crippen molar-refractivity contribution in [2.45, 2.75) is 24.9 Å². The van der Waals surface area contributed by atoms with Crippen LogP contribution < -0.4 is 4.74 Å². The van der Waals surface area contributed by atoms with Gasteiger partial charge < -0.3 is 14.7 Å². The Morgan fingerprint density at radius 3 is 2.45 bits per heavy atom. The maximum atomic E-state index is 16.3. The topological polar surface area (TPSA) is 84.7 Å². The Balaban J connectivity index is 1.75. The number of carboxylic acid groups (broad SMARTS) is 1. The van der Waals surface area contributed by atoms with Crippen molar-refractivity contribution in [1.82, 2.24) is 14.7 Å². The van der Waals surface area contributed by atoms with Gasteiger partial charge in [0.2, 0.25) is 5.88 Å². The van der Waals surface area contributed by atoms with E-state index in [1.807, 2.05) is 0 Å². The summed E-state index contributed by atoms with van der Waals surface area (Å²) in [6.07, 6.45) is -0.390.